The Hall–Kier alpha value is -0.920. The zero-order valence-electron chi connectivity index (χ0n) is 11.1. The van der Waals surface area contributed by atoms with E-state index in [1.54, 1.807) is 24.3 Å². The second-order valence-electron chi connectivity index (χ2n) is 4.78. The molecule has 0 saturated carbocycles. The quantitative estimate of drug-likeness (QED) is 0.436. The van der Waals surface area contributed by atoms with E-state index in [1.807, 2.05) is 0 Å². The van der Waals surface area contributed by atoms with Crippen molar-refractivity contribution in [3.05, 3.63) is 33.4 Å². The maximum absolute atomic E-state index is 12.2. The van der Waals surface area contributed by atoms with E-state index in [2.05, 4.69) is 22.6 Å². The molecule has 1 rings (SSSR count). The van der Waals surface area contributed by atoms with Gasteiger partial charge in [-0.3, -0.25) is 14.2 Å². The van der Waals surface area contributed by atoms with Crippen LogP contribution in [0.4, 0.5) is 0 Å². The molecule has 0 bridgehead atoms. The molecule has 0 aliphatic carbocycles. The molecule has 8 heteroatoms. The summed E-state index contributed by atoms with van der Waals surface area (Å²) < 4.78 is 13.2. The standard InChI is InChI=1S/C13H16IO6P/c14-11-4-1-9(2-5-11)7-21(19,20)8-10(13(17)18)3-6-12(15)16/h1-2,4-5,10H,3,6-8H2,(H,15,16)(H,17,18)(H,19,20)/t10-/m0/s1. The lowest BCUT2D eigenvalue weighted by molar-refractivity contribution is -0.142. The molecule has 6 nitrogen and oxygen atoms in total. The zero-order chi connectivity index (χ0) is 16.0. The van der Waals surface area contributed by atoms with Crippen molar-refractivity contribution in [1.82, 2.24) is 0 Å². The van der Waals surface area contributed by atoms with Crippen molar-refractivity contribution >= 4 is 41.9 Å². The van der Waals surface area contributed by atoms with Gasteiger partial charge in [0.25, 0.3) is 0 Å². The molecule has 0 radical (unpaired) electrons. The Bertz CT molecular complexity index is 556. The van der Waals surface area contributed by atoms with Gasteiger partial charge in [0, 0.05) is 22.3 Å². The highest BCUT2D eigenvalue weighted by Crippen LogP contribution is 2.46. The van der Waals surface area contributed by atoms with E-state index in [0.717, 1.165) is 3.57 Å². The number of halogens is 1. The Morgan fingerprint density at radius 1 is 1.19 bits per heavy atom. The fourth-order valence-electron chi connectivity index (χ4n) is 1.87. The van der Waals surface area contributed by atoms with E-state index in [1.165, 1.54) is 0 Å². The number of rotatable bonds is 8. The highest BCUT2D eigenvalue weighted by atomic mass is 127. The van der Waals surface area contributed by atoms with Gasteiger partial charge in [0.05, 0.1) is 5.92 Å². The zero-order valence-corrected chi connectivity index (χ0v) is 14.2. The van der Waals surface area contributed by atoms with E-state index in [-0.39, 0.29) is 19.0 Å². The lowest BCUT2D eigenvalue weighted by Gasteiger charge is -2.17. The summed E-state index contributed by atoms with van der Waals surface area (Å²) in [6, 6.07) is 7.04. The summed E-state index contributed by atoms with van der Waals surface area (Å²) in [4.78, 5) is 31.5. The van der Waals surface area contributed by atoms with Gasteiger partial charge in [-0.15, -0.1) is 0 Å². The van der Waals surface area contributed by atoms with Crippen LogP contribution < -0.4 is 0 Å². The largest absolute Gasteiger partial charge is 0.481 e. The number of benzene rings is 1. The normalized spacial score (nSPS) is 15.1. The second kappa shape index (κ2) is 7.91. The van der Waals surface area contributed by atoms with Crippen LogP contribution in [0.1, 0.15) is 18.4 Å². The van der Waals surface area contributed by atoms with Crippen LogP contribution in [0.3, 0.4) is 0 Å². The maximum atomic E-state index is 12.2. The maximum Gasteiger partial charge on any atom is 0.307 e. The average Bonchev–Trinajstić information content (AvgIpc) is 2.36. The van der Waals surface area contributed by atoms with Crippen molar-refractivity contribution in [1.29, 1.82) is 0 Å². The molecule has 0 spiro atoms. The SMILES string of the molecule is O=C(O)CC[C@@H](CP(=O)(O)Cc1ccc(I)cc1)C(=O)O. The number of hydrogen-bond donors (Lipinski definition) is 3. The van der Waals surface area contributed by atoms with E-state index in [4.69, 9.17) is 10.2 Å². The van der Waals surface area contributed by atoms with Gasteiger partial charge in [0.2, 0.25) is 7.37 Å². The number of carbonyl (C=O) groups is 2. The van der Waals surface area contributed by atoms with Crippen LogP contribution in [0.25, 0.3) is 0 Å². The predicted octanol–water partition coefficient (Wildman–Crippen LogP) is 2.63. The lowest BCUT2D eigenvalue weighted by atomic mass is 10.1. The number of carboxylic acids is 2. The van der Waals surface area contributed by atoms with Crippen molar-refractivity contribution < 1.29 is 29.3 Å². The van der Waals surface area contributed by atoms with E-state index in [9.17, 15) is 19.0 Å². The molecular formula is C13H16IO6P. The molecule has 0 heterocycles. The molecule has 1 aromatic rings. The summed E-state index contributed by atoms with van der Waals surface area (Å²) in [5, 5.41) is 17.6. The molecule has 0 aliphatic heterocycles. The van der Waals surface area contributed by atoms with E-state index in [0.29, 0.717) is 5.56 Å². The molecule has 1 unspecified atom stereocenters. The Kier molecular flexibility index (Phi) is 6.83. The Morgan fingerprint density at radius 3 is 2.24 bits per heavy atom. The first-order chi connectivity index (χ1) is 9.69. The third-order valence-corrected chi connectivity index (χ3v) is 5.49. The van der Waals surface area contributed by atoms with Crippen LogP contribution in [0, 0.1) is 9.49 Å². The number of aliphatic carboxylic acids is 2. The topological polar surface area (TPSA) is 112 Å². The van der Waals surface area contributed by atoms with Gasteiger partial charge in [0.1, 0.15) is 0 Å². The van der Waals surface area contributed by atoms with Gasteiger partial charge >= 0.3 is 11.9 Å². The van der Waals surface area contributed by atoms with Crippen molar-refractivity contribution in [2.45, 2.75) is 19.0 Å². The van der Waals surface area contributed by atoms with Crippen LogP contribution in [0.15, 0.2) is 24.3 Å². The van der Waals surface area contributed by atoms with Gasteiger partial charge in [-0.2, -0.15) is 0 Å². The number of hydrogen-bond acceptors (Lipinski definition) is 3. The molecule has 0 amide bonds. The molecule has 0 fully saturated rings. The second-order valence-corrected chi connectivity index (χ2v) is 8.40. The minimum atomic E-state index is -3.68. The smallest absolute Gasteiger partial charge is 0.307 e. The molecule has 0 aromatic heterocycles. The first kappa shape index (κ1) is 18.1. The lowest BCUT2D eigenvalue weighted by Crippen LogP contribution is -2.19. The number of carboxylic acid groups (broad SMARTS) is 2. The highest BCUT2D eigenvalue weighted by Gasteiger charge is 2.29. The summed E-state index contributed by atoms with van der Waals surface area (Å²) in [6.07, 6.45) is -1.01. The minimum Gasteiger partial charge on any atom is -0.481 e. The predicted molar refractivity (Wildman–Crippen MR) is 85.6 cm³/mol. The fourth-order valence-corrected chi connectivity index (χ4v) is 4.17. The molecule has 2 atom stereocenters. The van der Waals surface area contributed by atoms with Gasteiger partial charge < -0.3 is 15.1 Å². The summed E-state index contributed by atoms with van der Waals surface area (Å²) in [5.74, 6) is -3.49. The van der Waals surface area contributed by atoms with Crippen LogP contribution in [-0.2, 0) is 20.3 Å². The molecule has 116 valence electrons. The molecule has 1 aromatic carbocycles. The molecule has 0 aliphatic rings. The van der Waals surface area contributed by atoms with Crippen molar-refractivity contribution in [3.63, 3.8) is 0 Å². The van der Waals surface area contributed by atoms with Crippen molar-refractivity contribution in [2.24, 2.45) is 5.92 Å². The van der Waals surface area contributed by atoms with Gasteiger partial charge in [-0.1, -0.05) is 12.1 Å². The average molecular weight is 426 g/mol. The van der Waals surface area contributed by atoms with Crippen LogP contribution in [-0.4, -0.2) is 33.2 Å². The van der Waals surface area contributed by atoms with Gasteiger partial charge in [-0.05, 0) is 46.7 Å². The third kappa shape index (κ3) is 7.06. The monoisotopic (exact) mass is 426 g/mol. The van der Waals surface area contributed by atoms with E-state index < -0.39 is 31.4 Å². The van der Waals surface area contributed by atoms with Crippen LogP contribution in [0.5, 0.6) is 0 Å². The first-order valence-corrected chi connectivity index (χ1v) is 9.30. The Labute approximate surface area is 135 Å². The summed E-state index contributed by atoms with van der Waals surface area (Å²) in [5.41, 5.74) is 0.656. The molecule has 3 N–H and O–H groups in total. The highest BCUT2D eigenvalue weighted by molar-refractivity contribution is 14.1. The summed E-state index contributed by atoms with van der Waals surface area (Å²) in [7, 11) is -3.68. The van der Waals surface area contributed by atoms with Crippen LogP contribution >= 0.6 is 30.0 Å². The first-order valence-electron chi connectivity index (χ1n) is 6.19. The van der Waals surface area contributed by atoms with Crippen LogP contribution in [0.2, 0.25) is 0 Å². The Morgan fingerprint density at radius 2 is 1.76 bits per heavy atom. The van der Waals surface area contributed by atoms with E-state index >= 15 is 0 Å². The van der Waals surface area contributed by atoms with Gasteiger partial charge in [-0.25, -0.2) is 0 Å². The Balaban J connectivity index is 2.71. The fraction of sp³-hybridized carbons (Fsp3) is 0.385. The molecular weight excluding hydrogens is 410 g/mol. The minimum absolute atomic E-state index is 0.110. The summed E-state index contributed by atoms with van der Waals surface area (Å²) >= 11 is 2.11. The van der Waals surface area contributed by atoms with Crippen molar-refractivity contribution in [2.75, 3.05) is 6.16 Å². The summed E-state index contributed by atoms with van der Waals surface area (Å²) in [6.45, 7) is 0. The van der Waals surface area contributed by atoms with Gasteiger partial charge in [0.15, 0.2) is 0 Å². The molecule has 21 heavy (non-hydrogen) atoms. The third-order valence-electron chi connectivity index (χ3n) is 2.90. The van der Waals surface area contributed by atoms with Crippen molar-refractivity contribution in [3.8, 4) is 0 Å². The molecule has 0 saturated heterocycles.